The van der Waals surface area contributed by atoms with E-state index in [2.05, 4.69) is 12.1 Å². The molecule has 7 rings (SSSR count). The van der Waals surface area contributed by atoms with Crippen molar-refractivity contribution < 1.29 is 14.3 Å². The first kappa shape index (κ1) is 22.2. The van der Waals surface area contributed by atoms with Crippen molar-refractivity contribution in [3.63, 3.8) is 0 Å². The number of ether oxygens (including phenoxy) is 1. The number of nitrogens with zero attached hydrogens (tertiary/aromatic N) is 1. The number of imide groups is 1. The molecule has 34 heavy (non-hydrogen) atoms. The maximum absolute atomic E-state index is 13.1. The van der Waals surface area contributed by atoms with Crippen molar-refractivity contribution in [3.05, 3.63) is 69.1 Å². The Morgan fingerprint density at radius 2 is 1.68 bits per heavy atom. The third-order valence-corrected chi connectivity index (χ3v) is 9.45. The highest BCUT2D eigenvalue weighted by atomic mass is 35.5. The van der Waals surface area contributed by atoms with Crippen molar-refractivity contribution in [3.8, 4) is 5.75 Å². The summed E-state index contributed by atoms with van der Waals surface area (Å²) in [7, 11) is 1.66. The fourth-order valence-electron chi connectivity index (χ4n) is 7.19. The monoisotopic (exact) mass is 493 g/mol. The van der Waals surface area contributed by atoms with Gasteiger partial charge in [0.1, 0.15) is 5.75 Å². The van der Waals surface area contributed by atoms with Gasteiger partial charge < -0.3 is 4.74 Å². The lowest BCUT2D eigenvalue weighted by Crippen LogP contribution is -2.48. The molecule has 2 aromatic carbocycles. The number of hydrogen-bond donors (Lipinski definition) is 0. The Labute approximate surface area is 209 Å². The highest BCUT2D eigenvalue weighted by Gasteiger charge is 2.51. The molecule has 2 aromatic rings. The molecule has 4 aliphatic carbocycles. The summed E-state index contributed by atoms with van der Waals surface area (Å²) in [5, 5.41) is 0.381. The molecule has 0 radical (unpaired) electrons. The van der Waals surface area contributed by atoms with Gasteiger partial charge in [-0.2, -0.15) is 0 Å². The Balaban J connectivity index is 1.30. The third kappa shape index (κ3) is 3.87. The molecule has 4 nitrogen and oxygen atoms in total. The molecule has 0 unspecified atom stereocenters. The Kier molecular flexibility index (Phi) is 5.53. The zero-order valence-corrected chi connectivity index (χ0v) is 20.8. The van der Waals surface area contributed by atoms with Crippen LogP contribution >= 0.6 is 23.4 Å². The second-order valence-electron chi connectivity index (χ2n) is 10.5. The van der Waals surface area contributed by atoms with Crippen LogP contribution in [0.5, 0.6) is 5.75 Å². The van der Waals surface area contributed by atoms with Crippen LogP contribution < -0.4 is 4.74 Å². The van der Waals surface area contributed by atoms with Gasteiger partial charge in [0.25, 0.3) is 11.1 Å². The first-order valence-electron chi connectivity index (χ1n) is 12.1. The Morgan fingerprint density at radius 1 is 1.03 bits per heavy atom. The van der Waals surface area contributed by atoms with Crippen LogP contribution in [0.15, 0.2) is 47.4 Å². The second kappa shape index (κ2) is 8.46. The highest BCUT2D eigenvalue weighted by molar-refractivity contribution is 8.18. The number of methoxy groups -OCH3 is 1. The topological polar surface area (TPSA) is 46.6 Å². The van der Waals surface area contributed by atoms with Crippen LogP contribution in [0.1, 0.15) is 55.2 Å². The minimum Gasteiger partial charge on any atom is -0.496 e. The number of carbonyl (C=O) groups is 2. The van der Waals surface area contributed by atoms with Crippen molar-refractivity contribution in [2.45, 2.75) is 50.5 Å². The minimum atomic E-state index is -0.257. The van der Waals surface area contributed by atoms with Crippen LogP contribution in [0.25, 0.3) is 6.08 Å². The molecule has 0 aromatic heterocycles. The van der Waals surface area contributed by atoms with Crippen molar-refractivity contribution in [1.82, 2.24) is 4.90 Å². The van der Waals surface area contributed by atoms with Crippen LogP contribution in [0.4, 0.5) is 4.79 Å². The summed E-state index contributed by atoms with van der Waals surface area (Å²) in [6, 6.07) is 13.7. The van der Waals surface area contributed by atoms with Gasteiger partial charge >= 0.3 is 0 Å². The fourth-order valence-corrected chi connectivity index (χ4v) is 8.15. The van der Waals surface area contributed by atoms with Crippen molar-refractivity contribution in [1.29, 1.82) is 0 Å². The number of carbonyl (C=O) groups excluding carboxylic acids is 2. The summed E-state index contributed by atoms with van der Waals surface area (Å²) in [5.74, 6) is 3.06. The Morgan fingerprint density at radius 3 is 2.29 bits per heavy atom. The zero-order valence-electron chi connectivity index (χ0n) is 19.3. The van der Waals surface area contributed by atoms with E-state index in [9.17, 15) is 9.59 Å². The maximum Gasteiger partial charge on any atom is 0.293 e. The van der Waals surface area contributed by atoms with Gasteiger partial charge in [0.15, 0.2) is 0 Å². The normalized spacial score (nSPS) is 31.1. The second-order valence-corrected chi connectivity index (χ2v) is 12.0. The van der Waals surface area contributed by atoms with Crippen LogP contribution in [0.3, 0.4) is 0 Å². The van der Waals surface area contributed by atoms with E-state index in [1.165, 1.54) is 49.0 Å². The predicted octanol–water partition coefficient (Wildman–Crippen LogP) is 7.05. The largest absolute Gasteiger partial charge is 0.496 e. The molecule has 1 heterocycles. The molecule has 176 valence electrons. The molecule has 0 N–H and O–H groups in total. The molecule has 2 amide bonds. The number of thioether (sulfide) groups is 1. The maximum atomic E-state index is 13.1. The number of amides is 2. The predicted molar refractivity (Wildman–Crippen MR) is 136 cm³/mol. The first-order valence-corrected chi connectivity index (χ1v) is 13.3. The van der Waals surface area contributed by atoms with Crippen molar-refractivity contribution in [2.75, 3.05) is 7.11 Å². The average Bonchev–Trinajstić information content (AvgIpc) is 3.07. The van der Waals surface area contributed by atoms with Gasteiger partial charge in [0.2, 0.25) is 0 Å². The van der Waals surface area contributed by atoms with Crippen molar-refractivity contribution >= 4 is 40.6 Å². The molecule has 6 heteroatoms. The number of halogens is 1. The molecule has 1 saturated heterocycles. The van der Waals surface area contributed by atoms with E-state index >= 15 is 0 Å². The SMILES string of the molecule is COc1ccc(C23CC4CC(CC(C4)C2)C3)cc1/C=C1\SC(=O)N(Cc2ccc(Cl)cc2)C1=O. The average molecular weight is 494 g/mol. The molecular formula is C28H28ClNO3S. The molecule has 5 fully saturated rings. The van der Waals surface area contributed by atoms with Gasteiger partial charge in [-0.25, -0.2) is 0 Å². The van der Waals surface area contributed by atoms with E-state index in [1.54, 1.807) is 19.2 Å². The van der Waals surface area contributed by atoms with Gasteiger partial charge in [-0.05, 0) is 115 Å². The minimum absolute atomic E-state index is 0.240. The number of hydrogen-bond acceptors (Lipinski definition) is 4. The summed E-state index contributed by atoms with van der Waals surface area (Å²) >= 11 is 6.97. The molecule has 5 aliphatic rings. The summed E-state index contributed by atoms with van der Waals surface area (Å²) in [5.41, 5.74) is 3.39. The van der Waals surface area contributed by atoms with Gasteiger partial charge in [-0.1, -0.05) is 29.8 Å². The standard InChI is InChI=1S/C28H28ClNO3S/c1-33-24-7-4-22(28-13-18-8-19(14-28)10-20(9-18)15-28)11-21(24)12-25-26(31)30(27(32)34-25)16-17-2-5-23(29)6-3-17/h2-7,11-12,18-20H,8-10,13-16H2,1H3/b25-12-. The van der Waals surface area contributed by atoms with Crippen LogP contribution in [-0.2, 0) is 16.8 Å². The molecule has 1 aliphatic heterocycles. The quantitative estimate of drug-likeness (QED) is 0.418. The number of rotatable bonds is 5. The Hall–Kier alpha value is -2.24. The van der Waals surface area contributed by atoms with E-state index in [1.807, 2.05) is 24.3 Å². The summed E-state index contributed by atoms with van der Waals surface area (Å²) < 4.78 is 5.65. The summed E-state index contributed by atoms with van der Waals surface area (Å²) in [6.07, 6.45) is 9.90. The van der Waals surface area contributed by atoms with Crippen molar-refractivity contribution in [2.24, 2.45) is 17.8 Å². The third-order valence-electron chi connectivity index (χ3n) is 8.29. The van der Waals surface area contributed by atoms with Gasteiger partial charge in [-0.3, -0.25) is 14.5 Å². The van der Waals surface area contributed by atoms with Crippen LogP contribution in [-0.4, -0.2) is 23.2 Å². The van der Waals surface area contributed by atoms with E-state index in [0.717, 1.165) is 46.4 Å². The molecular weight excluding hydrogens is 466 g/mol. The molecule has 0 atom stereocenters. The smallest absolute Gasteiger partial charge is 0.293 e. The lowest BCUT2D eigenvalue weighted by Gasteiger charge is -2.57. The van der Waals surface area contributed by atoms with Gasteiger partial charge in [0.05, 0.1) is 18.6 Å². The van der Waals surface area contributed by atoms with Crippen LogP contribution in [0, 0.1) is 17.8 Å². The van der Waals surface area contributed by atoms with E-state index < -0.39 is 0 Å². The Bertz CT molecular complexity index is 1150. The van der Waals surface area contributed by atoms with E-state index in [4.69, 9.17) is 16.3 Å². The van der Waals surface area contributed by atoms with Gasteiger partial charge in [-0.15, -0.1) is 0 Å². The molecule has 4 bridgehead atoms. The first-order chi connectivity index (χ1) is 16.4. The highest BCUT2D eigenvalue weighted by Crippen LogP contribution is 2.61. The summed E-state index contributed by atoms with van der Waals surface area (Å²) in [6.45, 7) is 0.240. The van der Waals surface area contributed by atoms with Crippen LogP contribution in [0.2, 0.25) is 5.02 Å². The lowest BCUT2D eigenvalue weighted by molar-refractivity contribution is -0.123. The number of benzene rings is 2. The van der Waals surface area contributed by atoms with E-state index in [0.29, 0.717) is 9.93 Å². The van der Waals surface area contributed by atoms with E-state index in [-0.39, 0.29) is 23.1 Å². The molecule has 4 saturated carbocycles. The molecule has 0 spiro atoms. The lowest BCUT2D eigenvalue weighted by atomic mass is 9.48. The fraction of sp³-hybridized carbons (Fsp3) is 0.429. The summed E-state index contributed by atoms with van der Waals surface area (Å²) in [4.78, 5) is 27.6. The zero-order chi connectivity index (χ0) is 23.4. The van der Waals surface area contributed by atoms with Gasteiger partial charge in [0, 0.05) is 10.6 Å².